The fourth-order valence-electron chi connectivity index (χ4n) is 3.51. The normalized spacial score (nSPS) is 11.7. The quantitative estimate of drug-likeness (QED) is 0.477. The monoisotopic (exact) mass is 404 g/mol. The molecule has 1 heterocycles. The standard InChI is InChI=1S/C25H25FN2O2/c1-25(2,3)19-7-4-17(5-8-19)18-6-13-23-22(16-18)27-24(29)28(23)14-15-30-21-11-9-20(26)10-12-21/h4-13,16H,14-15H2,1-3H3,(H,27,29). The lowest BCUT2D eigenvalue weighted by atomic mass is 9.86. The third-order valence-corrected chi connectivity index (χ3v) is 5.26. The van der Waals surface area contributed by atoms with Crippen molar-refractivity contribution in [3.63, 3.8) is 0 Å². The lowest BCUT2D eigenvalue weighted by Gasteiger charge is -2.19. The predicted molar refractivity (Wildman–Crippen MR) is 119 cm³/mol. The van der Waals surface area contributed by atoms with Crippen LogP contribution in [0.2, 0.25) is 0 Å². The molecule has 0 spiro atoms. The highest BCUT2D eigenvalue weighted by Crippen LogP contribution is 2.27. The van der Waals surface area contributed by atoms with E-state index in [0.29, 0.717) is 18.9 Å². The van der Waals surface area contributed by atoms with Crippen molar-refractivity contribution in [3.8, 4) is 16.9 Å². The van der Waals surface area contributed by atoms with Crippen LogP contribution in [0.5, 0.6) is 5.75 Å². The molecule has 4 nitrogen and oxygen atoms in total. The molecule has 0 fully saturated rings. The minimum Gasteiger partial charge on any atom is -0.492 e. The minimum atomic E-state index is -0.306. The van der Waals surface area contributed by atoms with E-state index >= 15 is 0 Å². The molecule has 154 valence electrons. The van der Waals surface area contributed by atoms with E-state index in [1.165, 1.54) is 17.7 Å². The van der Waals surface area contributed by atoms with E-state index in [1.54, 1.807) is 16.7 Å². The Bertz CT molecular complexity index is 1210. The third kappa shape index (κ3) is 4.15. The molecule has 0 saturated carbocycles. The smallest absolute Gasteiger partial charge is 0.326 e. The molecule has 4 rings (SSSR count). The van der Waals surface area contributed by atoms with Gasteiger partial charge in [0.2, 0.25) is 0 Å². The molecular weight excluding hydrogens is 379 g/mol. The van der Waals surface area contributed by atoms with Crippen LogP contribution in [0.1, 0.15) is 26.3 Å². The van der Waals surface area contributed by atoms with Crippen molar-refractivity contribution in [2.24, 2.45) is 0 Å². The average Bonchev–Trinajstić information content (AvgIpc) is 3.03. The molecule has 0 saturated heterocycles. The van der Waals surface area contributed by atoms with Crippen molar-refractivity contribution >= 4 is 11.0 Å². The van der Waals surface area contributed by atoms with Crippen LogP contribution in [-0.2, 0) is 12.0 Å². The molecule has 0 aliphatic heterocycles. The van der Waals surface area contributed by atoms with Gasteiger partial charge in [-0.05, 0) is 58.5 Å². The van der Waals surface area contributed by atoms with Crippen LogP contribution in [0.3, 0.4) is 0 Å². The summed E-state index contributed by atoms with van der Waals surface area (Å²) in [5.41, 5.74) is 5.01. The Morgan fingerprint density at radius 1 is 0.933 bits per heavy atom. The summed E-state index contributed by atoms with van der Waals surface area (Å²) in [6.45, 7) is 7.30. The maximum Gasteiger partial charge on any atom is 0.326 e. The van der Waals surface area contributed by atoms with Gasteiger partial charge in [-0.15, -0.1) is 0 Å². The van der Waals surface area contributed by atoms with Gasteiger partial charge in [0.05, 0.1) is 17.6 Å². The number of hydrogen-bond acceptors (Lipinski definition) is 2. The zero-order valence-electron chi connectivity index (χ0n) is 17.4. The maximum atomic E-state index is 13.0. The molecule has 0 atom stereocenters. The van der Waals surface area contributed by atoms with Crippen molar-refractivity contribution in [2.75, 3.05) is 6.61 Å². The molecule has 3 aromatic carbocycles. The number of aromatic nitrogens is 2. The Morgan fingerprint density at radius 3 is 2.27 bits per heavy atom. The van der Waals surface area contributed by atoms with Crippen LogP contribution in [0.4, 0.5) is 4.39 Å². The predicted octanol–water partition coefficient (Wildman–Crippen LogP) is 5.51. The number of H-pyrrole nitrogens is 1. The van der Waals surface area contributed by atoms with Crippen molar-refractivity contribution in [2.45, 2.75) is 32.7 Å². The van der Waals surface area contributed by atoms with Gasteiger partial charge in [-0.1, -0.05) is 51.1 Å². The summed E-state index contributed by atoms with van der Waals surface area (Å²) in [4.78, 5) is 15.4. The Balaban J connectivity index is 1.53. The van der Waals surface area contributed by atoms with Crippen LogP contribution in [0.25, 0.3) is 22.2 Å². The Morgan fingerprint density at radius 2 is 1.60 bits per heavy atom. The van der Waals surface area contributed by atoms with Gasteiger partial charge in [-0.25, -0.2) is 9.18 Å². The van der Waals surface area contributed by atoms with Gasteiger partial charge in [0, 0.05) is 0 Å². The fourth-order valence-corrected chi connectivity index (χ4v) is 3.51. The first-order valence-electron chi connectivity index (χ1n) is 10.0. The van der Waals surface area contributed by atoms with Crippen LogP contribution < -0.4 is 10.4 Å². The van der Waals surface area contributed by atoms with Crippen LogP contribution in [0, 0.1) is 5.82 Å². The van der Waals surface area contributed by atoms with Crippen molar-refractivity contribution < 1.29 is 9.13 Å². The van der Waals surface area contributed by atoms with Gasteiger partial charge in [-0.2, -0.15) is 0 Å². The number of fused-ring (bicyclic) bond motifs is 1. The van der Waals surface area contributed by atoms with E-state index in [0.717, 1.165) is 22.2 Å². The molecule has 0 amide bonds. The van der Waals surface area contributed by atoms with Gasteiger partial charge in [0.1, 0.15) is 18.2 Å². The van der Waals surface area contributed by atoms with E-state index in [9.17, 15) is 9.18 Å². The topological polar surface area (TPSA) is 47.0 Å². The first kappa shape index (κ1) is 20.0. The van der Waals surface area contributed by atoms with Crippen molar-refractivity contribution in [1.29, 1.82) is 0 Å². The molecule has 0 bridgehead atoms. The number of aromatic amines is 1. The molecule has 30 heavy (non-hydrogen) atoms. The van der Waals surface area contributed by atoms with Gasteiger partial charge in [0.25, 0.3) is 0 Å². The number of rotatable bonds is 5. The highest BCUT2D eigenvalue weighted by Gasteiger charge is 2.13. The first-order chi connectivity index (χ1) is 14.3. The number of ether oxygens (including phenoxy) is 1. The van der Waals surface area contributed by atoms with Crippen LogP contribution in [0.15, 0.2) is 71.5 Å². The van der Waals surface area contributed by atoms with E-state index < -0.39 is 0 Å². The van der Waals surface area contributed by atoms with E-state index in [1.807, 2.05) is 18.2 Å². The second kappa shape index (κ2) is 7.82. The number of hydrogen-bond donors (Lipinski definition) is 1. The molecule has 0 aliphatic rings. The summed E-state index contributed by atoms with van der Waals surface area (Å²) in [5, 5.41) is 0. The second-order valence-electron chi connectivity index (χ2n) is 8.44. The average molecular weight is 404 g/mol. The third-order valence-electron chi connectivity index (χ3n) is 5.26. The number of imidazole rings is 1. The van der Waals surface area contributed by atoms with Gasteiger partial charge < -0.3 is 9.72 Å². The van der Waals surface area contributed by atoms with Crippen LogP contribution in [-0.4, -0.2) is 16.2 Å². The SMILES string of the molecule is CC(C)(C)c1ccc(-c2ccc3c(c2)[nH]c(=O)n3CCOc2ccc(F)cc2)cc1. The Hall–Kier alpha value is -3.34. The number of benzene rings is 3. The molecule has 1 aromatic heterocycles. The summed E-state index contributed by atoms with van der Waals surface area (Å²) in [6.07, 6.45) is 0. The van der Waals surface area contributed by atoms with Gasteiger partial charge in [-0.3, -0.25) is 4.57 Å². The number of halogens is 1. The van der Waals surface area contributed by atoms with Gasteiger partial charge in [0.15, 0.2) is 0 Å². The van der Waals surface area contributed by atoms with E-state index in [4.69, 9.17) is 4.74 Å². The molecule has 0 unspecified atom stereocenters. The highest BCUT2D eigenvalue weighted by molar-refractivity contribution is 5.82. The summed E-state index contributed by atoms with van der Waals surface area (Å²) in [6, 6.07) is 20.4. The van der Waals surface area contributed by atoms with Gasteiger partial charge >= 0.3 is 5.69 Å². The summed E-state index contributed by atoms with van der Waals surface area (Å²) in [5.74, 6) is 0.268. The number of nitrogens with one attached hydrogen (secondary N) is 1. The van der Waals surface area contributed by atoms with Crippen LogP contribution >= 0.6 is 0 Å². The van der Waals surface area contributed by atoms with Crippen molar-refractivity contribution in [3.05, 3.63) is 88.6 Å². The lowest BCUT2D eigenvalue weighted by molar-refractivity contribution is 0.298. The molecule has 0 aliphatic carbocycles. The highest BCUT2D eigenvalue weighted by atomic mass is 19.1. The summed E-state index contributed by atoms with van der Waals surface area (Å²) >= 11 is 0. The minimum absolute atomic E-state index is 0.112. The van der Waals surface area contributed by atoms with E-state index in [-0.39, 0.29) is 16.9 Å². The molecule has 1 N–H and O–H groups in total. The maximum absolute atomic E-state index is 13.0. The zero-order chi connectivity index (χ0) is 21.3. The number of nitrogens with zero attached hydrogens (tertiary/aromatic N) is 1. The zero-order valence-corrected chi connectivity index (χ0v) is 17.4. The Labute approximate surface area is 174 Å². The summed E-state index contributed by atoms with van der Waals surface area (Å²) < 4.78 is 20.3. The lowest BCUT2D eigenvalue weighted by Crippen LogP contribution is -2.20. The molecule has 5 heteroatoms. The largest absolute Gasteiger partial charge is 0.492 e. The summed E-state index contributed by atoms with van der Waals surface area (Å²) in [7, 11) is 0. The first-order valence-corrected chi connectivity index (χ1v) is 10.0. The molecular formula is C25H25FN2O2. The van der Waals surface area contributed by atoms with Crippen molar-refractivity contribution in [1.82, 2.24) is 9.55 Å². The second-order valence-corrected chi connectivity index (χ2v) is 8.44. The fraction of sp³-hybridized carbons (Fsp3) is 0.240. The molecule has 4 aromatic rings. The molecule has 0 radical (unpaired) electrons. The Kier molecular flexibility index (Phi) is 5.20. The van der Waals surface area contributed by atoms with E-state index in [2.05, 4.69) is 50.0 Å².